The van der Waals surface area contributed by atoms with E-state index in [0.29, 0.717) is 0 Å². The summed E-state index contributed by atoms with van der Waals surface area (Å²) in [4.78, 5) is 17.7. The second kappa shape index (κ2) is 4.33. The number of nitrogens with one attached hydrogen (secondary N) is 1. The molecule has 0 fully saturated rings. The van der Waals surface area contributed by atoms with E-state index in [4.69, 9.17) is 9.47 Å². The van der Waals surface area contributed by atoms with Gasteiger partial charge >= 0.3 is 0 Å². The van der Waals surface area contributed by atoms with E-state index in [2.05, 4.69) is 9.97 Å². The SMILES string of the molecule is CCC(C)(C)Oc1nc[nH]c(=O)c1OC. The highest BCUT2D eigenvalue weighted by Crippen LogP contribution is 2.24. The van der Waals surface area contributed by atoms with E-state index >= 15 is 0 Å². The van der Waals surface area contributed by atoms with Gasteiger partial charge in [-0.3, -0.25) is 4.79 Å². The third-order valence-electron chi connectivity index (χ3n) is 2.21. The Morgan fingerprint density at radius 3 is 2.73 bits per heavy atom. The lowest BCUT2D eigenvalue weighted by molar-refractivity contribution is 0.0938. The standard InChI is InChI=1S/C10H16N2O3/c1-5-10(2,3)15-9-7(14-4)8(13)11-6-12-9/h6H,5H2,1-4H3,(H,11,12,13). The maximum Gasteiger partial charge on any atom is 0.297 e. The topological polar surface area (TPSA) is 64.2 Å². The summed E-state index contributed by atoms with van der Waals surface area (Å²) < 4.78 is 10.5. The van der Waals surface area contributed by atoms with Crippen molar-refractivity contribution < 1.29 is 9.47 Å². The highest BCUT2D eigenvalue weighted by atomic mass is 16.5. The zero-order valence-electron chi connectivity index (χ0n) is 9.46. The van der Waals surface area contributed by atoms with Crippen molar-refractivity contribution in [3.8, 4) is 11.6 Å². The predicted octanol–water partition coefficient (Wildman–Crippen LogP) is 1.35. The Kier molecular flexibility index (Phi) is 3.34. The highest BCUT2D eigenvalue weighted by Gasteiger charge is 2.21. The normalized spacial score (nSPS) is 11.2. The Morgan fingerprint density at radius 2 is 2.20 bits per heavy atom. The number of ether oxygens (including phenoxy) is 2. The van der Waals surface area contributed by atoms with E-state index < -0.39 is 0 Å². The Labute approximate surface area is 88.4 Å². The summed E-state index contributed by atoms with van der Waals surface area (Å²) in [6.07, 6.45) is 2.11. The van der Waals surface area contributed by atoms with Crippen molar-refractivity contribution in [2.45, 2.75) is 32.8 Å². The largest absolute Gasteiger partial charge is 0.487 e. The Bertz CT molecular complexity index is 384. The van der Waals surface area contributed by atoms with E-state index in [-0.39, 0.29) is 22.8 Å². The first-order valence-corrected chi connectivity index (χ1v) is 4.81. The Morgan fingerprint density at radius 1 is 1.53 bits per heavy atom. The number of nitrogens with zero attached hydrogens (tertiary/aromatic N) is 1. The molecule has 0 saturated carbocycles. The summed E-state index contributed by atoms with van der Waals surface area (Å²) in [5.74, 6) is 0.340. The summed E-state index contributed by atoms with van der Waals surface area (Å²) in [7, 11) is 1.41. The molecule has 1 aromatic rings. The monoisotopic (exact) mass is 212 g/mol. The van der Waals surface area contributed by atoms with Gasteiger partial charge in [-0.05, 0) is 20.3 Å². The summed E-state index contributed by atoms with van der Waals surface area (Å²) in [5.41, 5.74) is -0.706. The third-order valence-corrected chi connectivity index (χ3v) is 2.21. The fourth-order valence-corrected chi connectivity index (χ4v) is 0.957. The molecule has 0 bridgehead atoms. The molecule has 5 nitrogen and oxygen atoms in total. The fraction of sp³-hybridized carbons (Fsp3) is 0.600. The lowest BCUT2D eigenvalue weighted by atomic mass is 10.1. The van der Waals surface area contributed by atoms with Crippen LogP contribution in [-0.2, 0) is 0 Å². The minimum Gasteiger partial charge on any atom is -0.487 e. The van der Waals surface area contributed by atoms with Gasteiger partial charge in [0.2, 0.25) is 5.75 Å². The van der Waals surface area contributed by atoms with E-state index in [0.717, 1.165) is 6.42 Å². The molecule has 1 rings (SSSR count). The number of rotatable bonds is 4. The van der Waals surface area contributed by atoms with E-state index in [1.54, 1.807) is 0 Å². The number of aromatic amines is 1. The maximum absolute atomic E-state index is 11.3. The molecule has 0 aromatic carbocycles. The summed E-state index contributed by atoms with van der Waals surface area (Å²) in [5, 5.41) is 0. The molecule has 0 aliphatic heterocycles. The molecule has 84 valence electrons. The van der Waals surface area contributed by atoms with Crippen LogP contribution in [-0.4, -0.2) is 22.7 Å². The van der Waals surface area contributed by atoms with Gasteiger partial charge in [0.25, 0.3) is 11.4 Å². The van der Waals surface area contributed by atoms with Crippen LogP contribution in [0.1, 0.15) is 27.2 Å². The molecule has 0 atom stereocenters. The van der Waals surface area contributed by atoms with Crippen molar-refractivity contribution >= 4 is 0 Å². The van der Waals surface area contributed by atoms with Crippen molar-refractivity contribution in [2.75, 3.05) is 7.11 Å². The van der Waals surface area contributed by atoms with Gasteiger partial charge in [-0.1, -0.05) is 6.92 Å². The van der Waals surface area contributed by atoms with Crippen LogP contribution >= 0.6 is 0 Å². The van der Waals surface area contributed by atoms with Gasteiger partial charge in [-0.2, -0.15) is 0 Å². The average molecular weight is 212 g/mol. The first-order chi connectivity index (χ1) is 7.00. The Balaban J connectivity index is 3.05. The van der Waals surface area contributed by atoms with Crippen molar-refractivity contribution in [2.24, 2.45) is 0 Å². The van der Waals surface area contributed by atoms with Crippen molar-refractivity contribution in [1.82, 2.24) is 9.97 Å². The van der Waals surface area contributed by atoms with Crippen molar-refractivity contribution in [3.05, 3.63) is 16.7 Å². The first kappa shape index (κ1) is 11.6. The molecule has 1 heterocycles. The van der Waals surface area contributed by atoms with Crippen LogP contribution in [0.15, 0.2) is 11.1 Å². The van der Waals surface area contributed by atoms with Crippen LogP contribution in [0.5, 0.6) is 11.6 Å². The van der Waals surface area contributed by atoms with Crippen LogP contribution in [0.4, 0.5) is 0 Å². The Hall–Kier alpha value is -1.52. The van der Waals surface area contributed by atoms with Gasteiger partial charge in [0.05, 0.1) is 13.4 Å². The lowest BCUT2D eigenvalue weighted by Crippen LogP contribution is -2.28. The maximum atomic E-state index is 11.3. The zero-order chi connectivity index (χ0) is 11.5. The second-order valence-electron chi connectivity index (χ2n) is 3.79. The van der Waals surface area contributed by atoms with Gasteiger partial charge in [-0.15, -0.1) is 0 Å². The minimum atomic E-state index is -0.367. The lowest BCUT2D eigenvalue weighted by Gasteiger charge is -2.24. The molecule has 15 heavy (non-hydrogen) atoms. The number of hydrogen-bond acceptors (Lipinski definition) is 4. The van der Waals surface area contributed by atoms with Crippen LogP contribution < -0.4 is 15.0 Å². The summed E-state index contributed by atoms with van der Waals surface area (Å²) in [6.45, 7) is 5.85. The van der Waals surface area contributed by atoms with Crippen LogP contribution in [0, 0.1) is 0 Å². The van der Waals surface area contributed by atoms with Crippen LogP contribution in [0.3, 0.4) is 0 Å². The summed E-state index contributed by atoms with van der Waals surface area (Å²) in [6, 6.07) is 0. The van der Waals surface area contributed by atoms with Gasteiger partial charge in [0.1, 0.15) is 5.60 Å². The van der Waals surface area contributed by atoms with Gasteiger partial charge in [0, 0.05) is 0 Å². The molecule has 0 spiro atoms. The van der Waals surface area contributed by atoms with Crippen LogP contribution in [0.2, 0.25) is 0 Å². The first-order valence-electron chi connectivity index (χ1n) is 4.81. The molecule has 0 saturated heterocycles. The predicted molar refractivity (Wildman–Crippen MR) is 56.4 cm³/mol. The molecule has 5 heteroatoms. The molecular weight excluding hydrogens is 196 g/mol. The number of methoxy groups -OCH3 is 1. The molecule has 0 unspecified atom stereocenters. The highest BCUT2D eigenvalue weighted by molar-refractivity contribution is 5.30. The third kappa shape index (κ3) is 2.71. The fourth-order valence-electron chi connectivity index (χ4n) is 0.957. The number of H-pyrrole nitrogens is 1. The molecule has 0 amide bonds. The molecule has 1 N–H and O–H groups in total. The second-order valence-corrected chi connectivity index (χ2v) is 3.79. The minimum absolute atomic E-state index is 0.110. The van der Waals surface area contributed by atoms with E-state index in [1.807, 2.05) is 20.8 Å². The van der Waals surface area contributed by atoms with Gasteiger partial charge in [-0.25, -0.2) is 4.98 Å². The van der Waals surface area contributed by atoms with Gasteiger partial charge in [0.15, 0.2) is 0 Å². The zero-order valence-corrected chi connectivity index (χ0v) is 9.46. The summed E-state index contributed by atoms with van der Waals surface area (Å²) >= 11 is 0. The number of hydrogen-bond donors (Lipinski definition) is 1. The van der Waals surface area contributed by atoms with Gasteiger partial charge < -0.3 is 14.5 Å². The number of aromatic nitrogens is 2. The quantitative estimate of drug-likeness (QED) is 0.818. The molecule has 0 aliphatic rings. The molecular formula is C10H16N2O3. The molecule has 0 aliphatic carbocycles. The van der Waals surface area contributed by atoms with Crippen molar-refractivity contribution in [1.29, 1.82) is 0 Å². The van der Waals surface area contributed by atoms with E-state index in [9.17, 15) is 4.79 Å². The molecule has 0 radical (unpaired) electrons. The van der Waals surface area contributed by atoms with E-state index in [1.165, 1.54) is 13.4 Å². The molecule has 1 aromatic heterocycles. The van der Waals surface area contributed by atoms with Crippen LogP contribution in [0.25, 0.3) is 0 Å². The average Bonchev–Trinajstić information content (AvgIpc) is 2.18. The smallest absolute Gasteiger partial charge is 0.297 e. The van der Waals surface area contributed by atoms with Crippen molar-refractivity contribution in [3.63, 3.8) is 0 Å².